The smallest absolute Gasteiger partial charge is 0.407 e. The number of carbonyl (C=O) groups is 1. The monoisotopic (exact) mass is 347 g/mol. The molecule has 3 fully saturated rings. The average Bonchev–Trinajstić information content (AvgIpc) is 3.07. The molecule has 4 heteroatoms. The van der Waals surface area contributed by atoms with E-state index in [1.54, 1.807) is 6.08 Å². The van der Waals surface area contributed by atoms with E-state index in [9.17, 15) is 9.90 Å². The van der Waals surface area contributed by atoms with Crippen molar-refractivity contribution in [1.29, 1.82) is 0 Å². The number of alkyl carbamates (subject to hydrolysis) is 1. The Bertz CT molecular complexity index is 596. The van der Waals surface area contributed by atoms with Crippen LogP contribution in [0.15, 0.2) is 24.3 Å². The Labute approximate surface area is 151 Å². The first-order valence-corrected chi connectivity index (χ1v) is 9.64. The van der Waals surface area contributed by atoms with Gasteiger partial charge in [0.1, 0.15) is 11.7 Å². The Morgan fingerprint density at radius 2 is 2.12 bits per heavy atom. The van der Waals surface area contributed by atoms with E-state index in [-0.39, 0.29) is 29.4 Å². The maximum absolute atomic E-state index is 12.4. The number of rotatable bonds is 4. The Balaban J connectivity index is 1.62. The van der Waals surface area contributed by atoms with Crippen LogP contribution in [-0.2, 0) is 4.74 Å². The van der Waals surface area contributed by atoms with Gasteiger partial charge in [-0.05, 0) is 55.9 Å². The number of aliphatic hydroxyl groups is 1. The van der Waals surface area contributed by atoms with Crippen LogP contribution in [0.2, 0.25) is 0 Å². The van der Waals surface area contributed by atoms with Crippen LogP contribution in [0.1, 0.15) is 59.8 Å². The Hall–Kier alpha value is -1.29. The predicted molar refractivity (Wildman–Crippen MR) is 99.1 cm³/mol. The summed E-state index contributed by atoms with van der Waals surface area (Å²) in [6.45, 7) is 12.8. The number of carbonyl (C=O) groups excluding carboxylic acids is 1. The molecule has 0 radical (unpaired) electrons. The lowest BCUT2D eigenvalue weighted by molar-refractivity contribution is -0.00861. The van der Waals surface area contributed by atoms with Crippen LogP contribution in [0.4, 0.5) is 4.79 Å². The van der Waals surface area contributed by atoms with Crippen LogP contribution in [0.25, 0.3) is 0 Å². The molecule has 4 nitrogen and oxygen atoms in total. The van der Waals surface area contributed by atoms with Crippen molar-refractivity contribution in [3.8, 4) is 0 Å². The molecule has 0 aromatic heterocycles. The third-order valence-electron chi connectivity index (χ3n) is 7.99. The first-order valence-electron chi connectivity index (χ1n) is 9.64. The zero-order chi connectivity index (χ0) is 18.5. The first kappa shape index (κ1) is 18.5. The van der Waals surface area contributed by atoms with Crippen molar-refractivity contribution in [3.05, 3.63) is 24.3 Å². The van der Waals surface area contributed by atoms with Gasteiger partial charge >= 0.3 is 6.09 Å². The molecule has 1 amide bonds. The van der Waals surface area contributed by atoms with Crippen molar-refractivity contribution in [2.24, 2.45) is 22.7 Å². The number of amides is 1. The van der Waals surface area contributed by atoms with Gasteiger partial charge in [0.15, 0.2) is 0 Å². The topological polar surface area (TPSA) is 58.6 Å². The SMILES string of the molecule is C=CC1CC/C(=C\C)C1(O)CNC(=O)OC1CC2CCC1(C)C2(C)C. The van der Waals surface area contributed by atoms with Gasteiger partial charge in [-0.3, -0.25) is 0 Å². The van der Waals surface area contributed by atoms with E-state index in [0.29, 0.717) is 5.92 Å². The lowest BCUT2D eigenvalue weighted by Crippen LogP contribution is -2.48. The van der Waals surface area contributed by atoms with Crippen molar-refractivity contribution in [3.63, 3.8) is 0 Å². The van der Waals surface area contributed by atoms with Gasteiger partial charge in [-0.15, -0.1) is 6.58 Å². The second kappa shape index (κ2) is 6.15. The molecule has 0 aromatic carbocycles. The zero-order valence-electron chi connectivity index (χ0n) is 16.1. The lowest BCUT2D eigenvalue weighted by Gasteiger charge is -2.38. The van der Waals surface area contributed by atoms with Crippen molar-refractivity contribution in [2.45, 2.75) is 71.5 Å². The van der Waals surface area contributed by atoms with Crippen molar-refractivity contribution in [1.82, 2.24) is 5.32 Å². The molecule has 3 aliphatic rings. The normalized spacial score (nSPS) is 43.4. The molecule has 0 heterocycles. The van der Waals surface area contributed by atoms with Crippen LogP contribution in [0, 0.1) is 22.7 Å². The fraction of sp³-hybridized carbons (Fsp3) is 0.762. The van der Waals surface area contributed by atoms with E-state index >= 15 is 0 Å². The molecular formula is C21H33NO3. The number of allylic oxidation sites excluding steroid dienone is 1. The van der Waals surface area contributed by atoms with Gasteiger partial charge in [0, 0.05) is 11.3 Å². The molecule has 3 aliphatic carbocycles. The first-order chi connectivity index (χ1) is 11.7. The van der Waals surface area contributed by atoms with E-state index in [1.807, 2.05) is 13.0 Å². The van der Waals surface area contributed by atoms with Crippen molar-refractivity contribution in [2.75, 3.05) is 6.54 Å². The van der Waals surface area contributed by atoms with Crippen LogP contribution >= 0.6 is 0 Å². The highest BCUT2D eigenvalue weighted by Crippen LogP contribution is 2.66. The van der Waals surface area contributed by atoms with E-state index < -0.39 is 11.7 Å². The maximum Gasteiger partial charge on any atom is 0.407 e. The minimum atomic E-state index is -1.03. The maximum atomic E-state index is 12.4. The molecule has 0 saturated heterocycles. The Kier molecular flexibility index (Phi) is 4.55. The molecule has 25 heavy (non-hydrogen) atoms. The summed E-state index contributed by atoms with van der Waals surface area (Å²) in [6, 6.07) is 0. The minimum absolute atomic E-state index is 0.0297. The van der Waals surface area contributed by atoms with Crippen LogP contribution in [0.3, 0.4) is 0 Å². The summed E-state index contributed by atoms with van der Waals surface area (Å²) in [4.78, 5) is 12.4. The van der Waals surface area contributed by atoms with Gasteiger partial charge in [-0.1, -0.05) is 32.9 Å². The molecular weight excluding hydrogens is 314 g/mol. The molecule has 3 saturated carbocycles. The van der Waals surface area contributed by atoms with Crippen LogP contribution < -0.4 is 5.32 Å². The fourth-order valence-electron chi connectivity index (χ4n) is 5.64. The van der Waals surface area contributed by atoms with Crippen LogP contribution in [0.5, 0.6) is 0 Å². The Morgan fingerprint density at radius 3 is 2.64 bits per heavy atom. The van der Waals surface area contributed by atoms with E-state index in [1.165, 1.54) is 6.42 Å². The molecule has 140 valence electrons. The number of nitrogens with one attached hydrogen (secondary N) is 1. The van der Waals surface area contributed by atoms with Gasteiger partial charge in [0.2, 0.25) is 0 Å². The number of hydrogen-bond donors (Lipinski definition) is 2. The van der Waals surface area contributed by atoms with E-state index in [0.717, 1.165) is 31.3 Å². The highest BCUT2D eigenvalue weighted by Gasteiger charge is 2.63. The molecule has 2 N–H and O–H groups in total. The second-order valence-electron chi connectivity index (χ2n) is 8.98. The highest BCUT2D eigenvalue weighted by atomic mass is 16.6. The van der Waals surface area contributed by atoms with Gasteiger partial charge < -0.3 is 15.2 Å². The molecule has 3 rings (SSSR count). The average molecular weight is 347 g/mol. The third kappa shape index (κ3) is 2.64. The number of fused-ring (bicyclic) bond motifs is 2. The summed E-state index contributed by atoms with van der Waals surface area (Å²) in [6.07, 6.45) is 8.33. The summed E-state index contributed by atoms with van der Waals surface area (Å²) >= 11 is 0. The molecule has 0 aliphatic heterocycles. The van der Waals surface area contributed by atoms with Gasteiger partial charge in [-0.25, -0.2) is 4.79 Å². The van der Waals surface area contributed by atoms with Crippen molar-refractivity contribution >= 4 is 6.09 Å². The number of ether oxygens (including phenoxy) is 1. The summed E-state index contributed by atoms with van der Waals surface area (Å²) in [7, 11) is 0. The standard InChI is InChI=1S/C21H33NO3/c1-6-14-8-9-15(7-2)21(14,24)13-22-18(23)25-17-12-16-10-11-20(17,5)19(16,3)4/h6-7,14,16-17,24H,1,8-13H2,2-5H3,(H,22,23)/b15-7+. The van der Waals surface area contributed by atoms with Crippen molar-refractivity contribution < 1.29 is 14.6 Å². The van der Waals surface area contributed by atoms with Crippen LogP contribution in [-0.4, -0.2) is 29.4 Å². The molecule has 2 bridgehead atoms. The van der Waals surface area contributed by atoms with Gasteiger partial charge in [-0.2, -0.15) is 0 Å². The number of hydrogen-bond acceptors (Lipinski definition) is 3. The summed E-state index contributed by atoms with van der Waals surface area (Å²) in [5.74, 6) is 0.604. The third-order valence-corrected chi connectivity index (χ3v) is 7.99. The quantitative estimate of drug-likeness (QED) is 0.749. The van der Waals surface area contributed by atoms with Gasteiger partial charge in [0.25, 0.3) is 0 Å². The fourth-order valence-corrected chi connectivity index (χ4v) is 5.64. The van der Waals surface area contributed by atoms with E-state index in [2.05, 4.69) is 32.7 Å². The largest absolute Gasteiger partial charge is 0.446 e. The highest BCUT2D eigenvalue weighted by molar-refractivity contribution is 5.68. The molecule has 5 atom stereocenters. The summed E-state index contributed by atoms with van der Waals surface area (Å²) < 4.78 is 5.82. The molecule has 0 spiro atoms. The molecule has 0 aromatic rings. The van der Waals surface area contributed by atoms with Gasteiger partial charge in [0.05, 0.1) is 6.54 Å². The zero-order valence-corrected chi connectivity index (χ0v) is 16.1. The van der Waals surface area contributed by atoms with E-state index in [4.69, 9.17) is 4.74 Å². The predicted octanol–water partition coefficient (Wildman–Crippen LogP) is 4.20. The second-order valence-corrected chi connectivity index (χ2v) is 8.98. The lowest BCUT2D eigenvalue weighted by atomic mass is 9.70. The minimum Gasteiger partial charge on any atom is -0.446 e. The summed E-state index contributed by atoms with van der Waals surface area (Å²) in [5, 5.41) is 13.9. The summed E-state index contributed by atoms with van der Waals surface area (Å²) in [5.41, 5.74) is 0.212. The Morgan fingerprint density at radius 1 is 1.40 bits per heavy atom. The molecule has 5 unspecified atom stereocenters.